The van der Waals surface area contributed by atoms with Crippen LogP contribution >= 0.6 is 11.3 Å². The fourth-order valence-electron chi connectivity index (χ4n) is 2.59. The summed E-state index contributed by atoms with van der Waals surface area (Å²) in [4.78, 5) is 16.3. The first-order valence-electron chi connectivity index (χ1n) is 8.38. The van der Waals surface area contributed by atoms with Gasteiger partial charge in [-0.05, 0) is 51.7 Å². The van der Waals surface area contributed by atoms with E-state index in [4.69, 9.17) is 9.47 Å². The first-order chi connectivity index (χ1) is 13.2. The number of urea groups is 1. The van der Waals surface area contributed by atoms with Gasteiger partial charge < -0.3 is 20.1 Å². The van der Waals surface area contributed by atoms with E-state index in [0.29, 0.717) is 24.6 Å². The largest absolute Gasteiger partial charge is 0.493 e. The molecule has 0 fully saturated rings. The molecule has 2 heterocycles. The van der Waals surface area contributed by atoms with Crippen LogP contribution in [-0.2, 0) is 13.1 Å². The number of carbonyl (C=O) groups excluding carboxylic acids is 1. The smallest absolute Gasteiger partial charge is 0.315 e. The molecule has 0 radical (unpaired) electrons. The van der Waals surface area contributed by atoms with Crippen molar-refractivity contribution in [2.24, 2.45) is 0 Å². The van der Waals surface area contributed by atoms with Gasteiger partial charge in [-0.2, -0.15) is 11.3 Å². The average Bonchev–Trinajstić information content (AvgIpc) is 3.25. The molecule has 0 atom stereocenters. The minimum absolute atomic E-state index is 0.245. The molecule has 6 nitrogen and oxygen atoms in total. The number of nitrogens with zero attached hydrogens (tertiary/aromatic N) is 1. The van der Waals surface area contributed by atoms with Gasteiger partial charge in [-0.1, -0.05) is 6.07 Å². The topological polar surface area (TPSA) is 72.5 Å². The highest BCUT2D eigenvalue weighted by Crippen LogP contribution is 2.27. The second-order valence-electron chi connectivity index (χ2n) is 5.82. The molecule has 2 aromatic heterocycles. The number of thiophene rings is 1. The molecule has 0 saturated carbocycles. The molecule has 140 valence electrons. The number of hydrogen-bond donors (Lipinski definition) is 2. The zero-order valence-corrected chi connectivity index (χ0v) is 16.0. The standard InChI is InChI=1S/C20H21N3O3S/c1-25-18-4-3-14(8-19(18)26-2)10-22-20(24)23-11-15-7-17(12-21-9-15)16-5-6-27-13-16/h3-9,12-13H,10-11H2,1-2H3,(H2,22,23,24). The maximum absolute atomic E-state index is 12.1. The lowest BCUT2D eigenvalue weighted by atomic mass is 10.1. The van der Waals surface area contributed by atoms with Gasteiger partial charge in [-0.3, -0.25) is 4.98 Å². The molecular formula is C20H21N3O3S. The molecule has 0 unspecified atom stereocenters. The minimum atomic E-state index is -0.245. The Labute approximate surface area is 162 Å². The van der Waals surface area contributed by atoms with Gasteiger partial charge in [0.1, 0.15) is 0 Å². The number of amides is 2. The lowest BCUT2D eigenvalue weighted by Gasteiger charge is -2.11. The van der Waals surface area contributed by atoms with Gasteiger partial charge in [0.25, 0.3) is 0 Å². The molecule has 3 aromatic rings. The Hall–Kier alpha value is -3.06. The van der Waals surface area contributed by atoms with Crippen LogP contribution in [-0.4, -0.2) is 25.2 Å². The van der Waals surface area contributed by atoms with Gasteiger partial charge in [0.05, 0.1) is 14.2 Å². The van der Waals surface area contributed by atoms with Gasteiger partial charge in [-0.25, -0.2) is 4.79 Å². The highest BCUT2D eigenvalue weighted by Gasteiger charge is 2.07. The van der Waals surface area contributed by atoms with Crippen LogP contribution in [0.15, 0.2) is 53.5 Å². The summed E-state index contributed by atoms with van der Waals surface area (Å²) in [6.07, 6.45) is 3.58. The summed E-state index contributed by atoms with van der Waals surface area (Å²) in [7, 11) is 3.17. The third kappa shape index (κ3) is 4.98. The van der Waals surface area contributed by atoms with E-state index in [2.05, 4.69) is 27.1 Å². The van der Waals surface area contributed by atoms with E-state index in [1.165, 1.54) is 0 Å². The molecule has 0 aliphatic rings. The average molecular weight is 383 g/mol. The van der Waals surface area contributed by atoms with Crippen molar-refractivity contribution in [2.75, 3.05) is 14.2 Å². The Kier molecular flexibility index (Phi) is 6.27. The summed E-state index contributed by atoms with van der Waals surface area (Å²) in [6, 6.07) is 9.38. The van der Waals surface area contributed by atoms with Crippen molar-refractivity contribution in [3.63, 3.8) is 0 Å². The monoisotopic (exact) mass is 383 g/mol. The molecule has 2 amide bonds. The molecular weight excluding hydrogens is 362 g/mol. The molecule has 3 rings (SSSR count). The zero-order chi connectivity index (χ0) is 19.1. The fraction of sp³-hybridized carbons (Fsp3) is 0.200. The summed E-state index contributed by atoms with van der Waals surface area (Å²) >= 11 is 1.64. The highest BCUT2D eigenvalue weighted by atomic mass is 32.1. The molecule has 7 heteroatoms. The number of ether oxygens (including phenoxy) is 2. The third-order valence-corrected chi connectivity index (χ3v) is 4.69. The second kappa shape index (κ2) is 9.05. The quantitative estimate of drug-likeness (QED) is 0.650. The predicted octanol–water partition coefficient (Wildman–Crippen LogP) is 3.83. The summed E-state index contributed by atoms with van der Waals surface area (Å²) in [5.74, 6) is 1.29. The molecule has 0 aliphatic carbocycles. The maximum Gasteiger partial charge on any atom is 0.315 e. The molecule has 0 bridgehead atoms. The number of rotatable bonds is 7. The Morgan fingerprint density at radius 2 is 1.74 bits per heavy atom. The van der Waals surface area contributed by atoms with Crippen molar-refractivity contribution in [2.45, 2.75) is 13.1 Å². The van der Waals surface area contributed by atoms with E-state index in [1.807, 2.05) is 35.8 Å². The van der Waals surface area contributed by atoms with Crippen molar-refractivity contribution in [1.29, 1.82) is 0 Å². The number of hydrogen-bond acceptors (Lipinski definition) is 5. The molecule has 0 aliphatic heterocycles. The van der Waals surface area contributed by atoms with Gasteiger partial charge in [-0.15, -0.1) is 0 Å². The number of carbonyl (C=O) groups is 1. The fourth-order valence-corrected chi connectivity index (χ4v) is 3.25. The van der Waals surface area contributed by atoms with Crippen LogP contribution < -0.4 is 20.1 Å². The number of pyridine rings is 1. The van der Waals surface area contributed by atoms with E-state index in [1.54, 1.807) is 31.8 Å². The van der Waals surface area contributed by atoms with Crippen LogP contribution in [0.5, 0.6) is 11.5 Å². The molecule has 27 heavy (non-hydrogen) atoms. The number of aromatic nitrogens is 1. The van der Waals surface area contributed by atoms with Crippen molar-refractivity contribution in [1.82, 2.24) is 15.6 Å². The van der Waals surface area contributed by atoms with E-state index in [9.17, 15) is 4.79 Å². The van der Waals surface area contributed by atoms with Gasteiger partial charge >= 0.3 is 6.03 Å². The maximum atomic E-state index is 12.1. The van der Waals surface area contributed by atoms with Crippen molar-refractivity contribution in [3.8, 4) is 22.6 Å². The Balaban J connectivity index is 1.52. The molecule has 2 N–H and O–H groups in total. The number of methoxy groups -OCH3 is 2. The second-order valence-corrected chi connectivity index (χ2v) is 6.60. The molecule has 1 aromatic carbocycles. The highest BCUT2D eigenvalue weighted by molar-refractivity contribution is 7.08. The lowest BCUT2D eigenvalue weighted by molar-refractivity contribution is 0.240. The third-order valence-electron chi connectivity index (χ3n) is 4.00. The minimum Gasteiger partial charge on any atom is -0.493 e. The summed E-state index contributed by atoms with van der Waals surface area (Å²) < 4.78 is 10.5. The van der Waals surface area contributed by atoms with Gasteiger partial charge in [0, 0.05) is 31.0 Å². The summed E-state index contributed by atoms with van der Waals surface area (Å²) in [5, 5.41) is 9.79. The Bertz CT molecular complexity index is 897. The number of benzene rings is 1. The van der Waals surface area contributed by atoms with Gasteiger partial charge in [0.2, 0.25) is 0 Å². The zero-order valence-electron chi connectivity index (χ0n) is 15.2. The van der Waals surface area contributed by atoms with Crippen molar-refractivity contribution < 1.29 is 14.3 Å². The van der Waals surface area contributed by atoms with Gasteiger partial charge in [0.15, 0.2) is 11.5 Å². The normalized spacial score (nSPS) is 10.3. The van der Waals surface area contributed by atoms with Crippen LogP contribution in [0, 0.1) is 0 Å². The van der Waals surface area contributed by atoms with Crippen LogP contribution in [0.3, 0.4) is 0 Å². The first kappa shape index (κ1) is 18.7. The van der Waals surface area contributed by atoms with Crippen LogP contribution in [0.2, 0.25) is 0 Å². The van der Waals surface area contributed by atoms with E-state index >= 15 is 0 Å². The Morgan fingerprint density at radius 1 is 0.963 bits per heavy atom. The molecule has 0 saturated heterocycles. The van der Waals surface area contributed by atoms with Crippen LogP contribution in [0.4, 0.5) is 4.79 Å². The first-order valence-corrected chi connectivity index (χ1v) is 9.33. The molecule has 0 spiro atoms. The van der Waals surface area contributed by atoms with Crippen LogP contribution in [0.1, 0.15) is 11.1 Å². The summed E-state index contributed by atoms with van der Waals surface area (Å²) in [5.41, 5.74) is 4.04. The SMILES string of the molecule is COc1ccc(CNC(=O)NCc2cncc(-c3ccsc3)c2)cc1OC. The van der Waals surface area contributed by atoms with E-state index < -0.39 is 0 Å². The van der Waals surface area contributed by atoms with Crippen molar-refractivity contribution in [3.05, 3.63) is 64.6 Å². The van der Waals surface area contributed by atoms with E-state index in [0.717, 1.165) is 22.3 Å². The summed E-state index contributed by atoms with van der Waals surface area (Å²) in [6.45, 7) is 0.794. The van der Waals surface area contributed by atoms with Crippen LogP contribution in [0.25, 0.3) is 11.1 Å². The van der Waals surface area contributed by atoms with E-state index in [-0.39, 0.29) is 6.03 Å². The van der Waals surface area contributed by atoms with Crippen molar-refractivity contribution >= 4 is 17.4 Å². The lowest BCUT2D eigenvalue weighted by Crippen LogP contribution is -2.34. The predicted molar refractivity (Wildman–Crippen MR) is 106 cm³/mol. The number of nitrogens with one attached hydrogen (secondary N) is 2. The Morgan fingerprint density at radius 3 is 2.44 bits per heavy atom.